The van der Waals surface area contributed by atoms with Crippen molar-refractivity contribution in [3.8, 4) is 5.75 Å². The first-order chi connectivity index (χ1) is 10.2. The number of nitrogens with zero attached hydrogens (tertiary/aromatic N) is 1. The summed E-state index contributed by atoms with van der Waals surface area (Å²) in [4.78, 5) is 25.4. The summed E-state index contributed by atoms with van der Waals surface area (Å²) >= 11 is 0. The fraction of sp³-hybridized carbons (Fsp3) is 0.500. The minimum atomic E-state index is -0.979. The van der Waals surface area contributed by atoms with E-state index in [4.69, 9.17) is 9.47 Å². The number of carbonyl (C=O) groups excluding carboxylic acids is 1. The van der Waals surface area contributed by atoms with Gasteiger partial charge in [-0.1, -0.05) is 0 Å². The highest BCUT2D eigenvalue weighted by atomic mass is 16.6. The number of hydrogen-bond donors (Lipinski definition) is 1. The zero-order valence-corrected chi connectivity index (χ0v) is 13.4. The van der Waals surface area contributed by atoms with Crippen LogP contribution >= 0.6 is 0 Å². The third kappa shape index (κ3) is 2.86. The van der Waals surface area contributed by atoms with E-state index < -0.39 is 29.6 Å². The lowest BCUT2D eigenvalue weighted by Crippen LogP contribution is -2.42. The zero-order valence-electron chi connectivity index (χ0n) is 13.4. The van der Waals surface area contributed by atoms with Gasteiger partial charge in [-0.15, -0.1) is 0 Å². The van der Waals surface area contributed by atoms with Gasteiger partial charge >= 0.3 is 12.1 Å². The molecule has 0 radical (unpaired) electrons. The molecule has 0 bridgehead atoms. The molecule has 1 heterocycles. The highest BCUT2D eigenvalue weighted by Crippen LogP contribution is 2.43. The van der Waals surface area contributed by atoms with E-state index in [0.717, 1.165) is 0 Å². The first kappa shape index (κ1) is 16.1. The minimum Gasteiger partial charge on any atom is -0.497 e. The number of ether oxygens (including phenoxy) is 2. The molecule has 0 saturated heterocycles. The third-order valence-corrected chi connectivity index (χ3v) is 3.58. The molecule has 2 atom stereocenters. The van der Waals surface area contributed by atoms with Gasteiger partial charge in [-0.2, -0.15) is 0 Å². The van der Waals surface area contributed by atoms with Crippen LogP contribution in [0.4, 0.5) is 10.5 Å². The van der Waals surface area contributed by atoms with Gasteiger partial charge in [-0.25, -0.2) is 4.79 Å². The SMILES string of the molecule is COc1ccc2c(c1)C(C(=O)O)C(C)N2C(=O)OC(C)(C)C. The summed E-state index contributed by atoms with van der Waals surface area (Å²) in [6, 6.07) is 4.52. The quantitative estimate of drug-likeness (QED) is 0.909. The predicted molar refractivity (Wildman–Crippen MR) is 81.5 cm³/mol. The normalized spacial score (nSPS) is 20.5. The Labute approximate surface area is 129 Å². The maximum Gasteiger partial charge on any atom is 0.415 e. The summed E-state index contributed by atoms with van der Waals surface area (Å²) in [5.41, 5.74) is 0.463. The second-order valence-electron chi connectivity index (χ2n) is 6.33. The average Bonchev–Trinajstić information content (AvgIpc) is 2.67. The molecule has 1 aromatic carbocycles. The number of carboxylic acid groups (broad SMARTS) is 1. The Bertz CT molecular complexity index is 605. The van der Waals surface area contributed by atoms with E-state index in [9.17, 15) is 14.7 Å². The van der Waals surface area contributed by atoms with Crippen LogP contribution in [0.1, 0.15) is 39.2 Å². The highest BCUT2D eigenvalue weighted by molar-refractivity contribution is 5.96. The summed E-state index contributed by atoms with van der Waals surface area (Å²) in [6.45, 7) is 7.02. The van der Waals surface area contributed by atoms with Crippen molar-refractivity contribution in [1.29, 1.82) is 0 Å². The summed E-state index contributed by atoms with van der Waals surface area (Å²) in [5.74, 6) is -1.23. The van der Waals surface area contributed by atoms with Gasteiger partial charge in [-0.3, -0.25) is 9.69 Å². The van der Waals surface area contributed by atoms with Crippen molar-refractivity contribution in [2.75, 3.05) is 12.0 Å². The number of anilines is 1. The van der Waals surface area contributed by atoms with Crippen LogP contribution in [0, 0.1) is 0 Å². The van der Waals surface area contributed by atoms with Crippen LogP contribution in [0.5, 0.6) is 5.75 Å². The van der Waals surface area contributed by atoms with Crippen LogP contribution in [-0.4, -0.2) is 35.9 Å². The van der Waals surface area contributed by atoms with Crippen molar-refractivity contribution in [3.05, 3.63) is 23.8 Å². The first-order valence-corrected chi connectivity index (χ1v) is 7.08. The number of fused-ring (bicyclic) bond motifs is 1. The number of amides is 1. The van der Waals surface area contributed by atoms with Gasteiger partial charge in [0, 0.05) is 0 Å². The standard InChI is InChI=1S/C16H21NO5/c1-9-13(14(18)19)11-8-10(21-5)6-7-12(11)17(9)15(20)22-16(2,3)4/h6-9,13H,1-5H3,(H,18,19). The predicted octanol–water partition coefficient (Wildman–Crippen LogP) is 3.01. The molecule has 6 heteroatoms. The third-order valence-electron chi connectivity index (χ3n) is 3.58. The van der Waals surface area contributed by atoms with E-state index in [1.807, 2.05) is 0 Å². The number of carboxylic acids is 1. The Kier molecular flexibility index (Phi) is 4.04. The molecule has 120 valence electrons. The maximum atomic E-state index is 12.4. The number of benzene rings is 1. The lowest BCUT2D eigenvalue weighted by molar-refractivity contribution is -0.138. The fourth-order valence-corrected chi connectivity index (χ4v) is 2.67. The molecule has 2 rings (SSSR count). The molecule has 1 aromatic rings. The Balaban J connectivity index is 2.46. The van der Waals surface area contributed by atoms with E-state index in [1.165, 1.54) is 12.0 Å². The fourth-order valence-electron chi connectivity index (χ4n) is 2.67. The van der Waals surface area contributed by atoms with Crippen molar-refractivity contribution in [2.45, 2.75) is 45.3 Å². The van der Waals surface area contributed by atoms with Crippen molar-refractivity contribution in [1.82, 2.24) is 0 Å². The van der Waals surface area contributed by atoms with E-state index in [0.29, 0.717) is 17.0 Å². The topological polar surface area (TPSA) is 76.1 Å². The lowest BCUT2D eigenvalue weighted by Gasteiger charge is -2.28. The molecule has 0 aliphatic carbocycles. The Morgan fingerprint density at radius 1 is 1.27 bits per heavy atom. The Morgan fingerprint density at radius 3 is 2.41 bits per heavy atom. The van der Waals surface area contributed by atoms with Gasteiger partial charge in [0.25, 0.3) is 0 Å². The molecule has 0 fully saturated rings. The van der Waals surface area contributed by atoms with Crippen LogP contribution in [0.15, 0.2) is 18.2 Å². The molecule has 1 aliphatic rings. The van der Waals surface area contributed by atoms with Crippen molar-refractivity contribution < 1.29 is 24.2 Å². The number of hydrogen-bond acceptors (Lipinski definition) is 4. The monoisotopic (exact) mass is 307 g/mol. The molecule has 2 unspecified atom stereocenters. The second-order valence-corrected chi connectivity index (χ2v) is 6.33. The molecule has 1 amide bonds. The molecule has 1 aliphatic heterocycles. The second kappa shape index (κ2) is 5.51. The van der Waals surface area contributed by atoms with Crippen molar-refractivity contribution in [2.24, 2.45) is 0 Å². The number of aliphatic carboxylic acids is 1. The summed E-state index contributed by atoms with van der Waals surface area (Å²) in [7, 11) is 1.52. The van der Waals surface area contributed by atoms with Gasteiger partial charge in [0.1, 0.15) is 17.3 Å². The number of rotatable bonds is 2. The summed E-state index contributed by atoms with van der Waals surface area (Å²) in [5, 5.41) is 9.51. The highest BCUT2D eigenvalue weighted by Gasteiger charge is 2.44. The van der Waals surface area contributed by atoms with Gasteiger partial charge in [0.15, 0.2) is 0 Å². The number of methoxy groups -OCH3 is 1. The molecule has 0 aromatic heterocycles. The minimum absolute atomic E-state index is 0.533. The molecular weight excluding hydrogens is 286 g/mol. The molecule has 6 nitrogen and oxygen atoms in total. The first-order valence-electron chi connectivity index (χ1n) is 7.08. The number of carbonyl (C=O) groups is 2. The van der Waals surface area contributed by atoms with E-state index in [-0.39, 0.29) is 0 Å². The Hall–Kier alpha value is -2.24. The van der Waals surface area contributed by atoms with Crippen LogP contribution in [0.2, 0.25) is 0 Å². The largest absolute Gasteiger partial charge is 0.497 e. The van der Waals surface area contributed by atoms with Gasteiger partial charge in [-0.05, 0) is 51.5 Å². The summed E-state index contributed by atoms with van der Waals surface area (Å²) < 4.78 is 10.5. The maximum absolute atomic E-state index is 12.4. The molecular formula is C16H21NO5. The van der Waals surface area contributed by atoms with Gasteiger partial charge < -0.3 is 14.6 Å². The molecule has 0 spiro atoms. The van der Waals surface area contributed by atoms with E-state index >= 15 is 0 Å². The van der Waals surface area contributed by atoms with Crippen molar-refractivity contribution in [3.63, 3.8) is 0 Å². The average molecular weight is 307 g/mol. The molecule has 1 N–H and O–H groups in total. The van der Waals surface area contributed by atoms with Crippen molar-refractivity contribution >= 4 is 17.7 Å². The molecule has 22 heavy (non-hydrogen) atoms. The van der Waals surface area contributed by atoms with Crippen LogP contribution in [-0.2, 0) is 9.53 Å². The Morgan fingerprint density at radius 2 is 1.91 bits per heavy atom. The smallest absolute Gasteiger partial charge is 0.415 e. The van der Waals surface area contributed by atoms with E-state index in [1.54, 1.807) is 45.9 Å². The van der Waals surface area contributed by atoms with Crippen LogP contribution < -0.4 is 9.64 Å². The van der Waals surface area contributed by atoms with Gasteiger partial charge in [0.05, 0.1) is 18.8 Å². The van der Waals surface area contributed by atoms with E-state index in [2.05, 4.69) is 0 Å². The van der Waals surface area contributed by atoms with Gasteiger partial charge in [0.2, 0.25) is 0 Å². The molecule has 0 saturated carbocycles. The van der Waals surface area contributed by atoms with Crippen LogP contribution in [0.25, 0.3) is 0 Å². The van der Waals surface area contributed by atoms with Crippen LogP contribution in [0.3, 0.4) is 0 Å². The summed E-state index contributed by atoms with van der Waals surface area (Å²) in [6.07, 6.45) is -0.546. The zero-order chi connectivity index (χ0) is 16.7. The lowest BCUT2D eigenvalue weighted by atomic mass is 9.96.